The van der Waals surface area contributed by atoms with Crippen LogP contribution in [0.15, 0.2) is 30.5 Å². The van der Waals surface area contributed by atoms with E-state index >= 15 is 0 Å². The third kappa shape index (κ3) is 6.38. The van der Waals surface area contributed by atoms with Gasteiger partial charge in [0.25, 0.3) is 0 Å². The smallest absolute Gasteiger partial charge is 0.417 e. The van der Waals surface area contributed by atoms with Crippen molar-refractivity contribution in [2.45, 2.75) is 12.6 Å². The largest absolute Gasteiger partial charge is 0.493 e. The molecule has 0 aliphatic rings. The number of halogens is 4. The molecule has 10 heteroatoms. The van der Waals surface area contributed by atoms with E-state index < -0.39 is 21.6 Å². The first-order valence-corrected chi connectivity index (χ1v) is 9.72. The highest BCUT2D eigenvalue weighted by molar-refractivity contribution is 7.90. The van der Waals surface area contributed by atoms with Crippen molar-refractivity contribution < 1.29 is 31.1 Å². The van der Waals surface area contributed by atoms with Gasteiger partial charge in [0.05, 0.1) is 24.0 Å². The molecule has 1 radical (unpaired) electrons. The molecule has 0 amide bonds. The van der Waals surface area contributed by atoms with Gasteiger partial charge in [0, 0.05) is 12.5 Å². The van der Waals surface area contributed by atoms with Crippen LogP contribution in [0.1, 0.15) is 12.0 Å². The topological polar surface area (TPSA) is 65.5 Å². The predicted octanol–water partition coefficient (Wildman–Crippen LogP) is 4.16. The maximum atomic E-state index is 12.6. The summed E-state index contributed by atoms with van der Waals surface area (Å²) in [5.74, 6) is 0.220. The summed E-state index contributed by atoms with van der Waals surface area (Å²) < 4.78 is 70.6. The zero-order valence-corrected chi connectivity index (χ0v) is 15.1. The van der Waals surface area contributed by atoms with Gasteiger partial charge in [-0.25, -0.2) is 13.4 Å². The highest BCUT2D eigenvalue weighted by atomic mass is 35.5. The van der Waals surface area contributed by atoms with Crippen LogP contribution in [0.4, 0.5) is 13.2 Å². The number of pyridine rings is 1. The molecule has 1 aromatic heterocycles. The van der Waals surface area contributed by atoms with Crippen LogP contribution in [0.5, 0.6) is 17.4 Å². The molecule has 0 unspecified atom stereocenters. The van der Waals surface area contributed by atoms with Crippen molar-refractivity contribution in [1.29, 1.82) is 0 Å². The van der Waals surface area contributed by atoms with Crippen molar-refractivity contribution >= 4 is 21.4 Å². The Balaban J connectivity index is 2.02. The number of hydrogen-bond acceptors (Lipinski definition) is 5. The molecule has 0 saturated carbocycles. The van der Waals surface area contributed by atoms with E-state index in [2.05, 4.69) is 11.1 Å². The molecule has 2 rings (SSSR count). The van der Waals surface area contributed by atoms with Crippen LogP contribution in [0, 0.1) is 6.07 Å². The molecule has 0 bridgehead atoms. The maximum Gasteiger partial charge on any atom is 0.417 e. The second kappa shape index (κ2) is 8.13. The molecule has 0 fully saturated rings. The summed E-state index contributed by atoms with van der Waals surface area (Å²) in [6.07, 6.45) is -2.49. The van der Waals surface area contributed by atoms with Crippen LogP contribution in [0.3, 0.4) is 0 Å². The molecule has 1 heterocycles. The lowest BCUT2D eigenvalue weighted by atomic mass is 10.3. The van der Waals surface area contributed by atoms with Crippen LogP contribution in [-0.2, 0) is 16.0 Å². The SMILES string of the molecule is CS(=O)(=O)CCCOc1[c]c(Oc2ncc(C(F)(F)F)cc2Cl)ccc1. The van der Waals surface area contributed by atoms with Crippen LogP contribution in [-0.4, -0.2) is 32.0 Å². The Labute approximate surface area is 153 Å². The first-order valence-electron chi connectivity index (χ1n) is 7.28. The molecular weight excluding hydrogens is 395 g/mol. The zero-order valence-electron chi connectivity index (χ0n) is 13.5. The van der Waals surface area contributed by atoms with Gasteiger partial charge in [0.2, 0.25) is 5.88 Å². The monoisotopic (exact) mass is 408 g/mol. The Morgan fingerprint density at radius 1 is 1.27 bits per heavy atom. The van der Waals surface area contributed by atoms with E-state index in [0.29, 0.717) is 18.4 Å². The number of benzene rings is 1. The maximum absolute atomic E-state index is 12.6. The number of nitrogens with zero attached hydrogens (tertiary/aromatic N) is 1. The Morgan fingerprint density at radius 2 is 1.96 bits per heavy atom. The van der Waals surface area contributed by atoms with Crippen molar-refractivity contribution in [2.24, 2.45) is 0 Å². The standard InChI is InChI=1S/C16H14ClF3NO4S/c1-26(22,23)7-3-6-24-12-4-2-5-13(9-12)25-15-14(17)8-11(10-21-15)16(18,19)20/h2,4-5,8,10H,3,6-7H2,1H3. The minimum absolute atomic E-state index is 0.00568. The summed E-state index contributed by atoms with van der Waals surface area (Å²) >= 11 is 5.78. The highest BCUT2D eigenvalue weighted by Crippen LogP contribution is 2.34. The number of ether oxygens (including phenoxy) is 2. The summed E-state index contributed by atoms with van der Waals surface area (Å²) in [5.41, 5.74) is -0.984. The van der Waals surface area contributed by atoms with Gasteiger partial charge in [-0.2, -0.15) is 13.2 Å². The summed E-state index contributed by atoms with van der Waals surface area (Å²) in [5, 5.41) is -0.298. The van der Waals surface area contributed by atoms with E-state index in [9.17, 15) is 21.6 Å². The summed E-state index contributed by atoms with van der Waals surface area (Å²) in [6.45, 7) is 0.159. The van der Waals surface area contributed by atoms with E-state index in [4.69, 9.17) is 21.1 Å². The molecule has 141 valence electrons. The number of aromatic nitrogens is 1. The van der Waals surface area contributed by atoms with Crippen molar-refractivity contribution in [1.82, 2.24) is 4.98 Å². The van der Waals surface area contributed by atoms with Crippen LogP contribution in [0.2, 0.25) is 5.02 Å². The van der Waals surface area contributed by atoms with Gasteiger partial charge < -0.3 is 9.47 Å². The first kappa shape index (κ1) is 20.3. The van der Waals surface area contributed by atoms with Gasteiger partial charge in [0.15, 0.2) is 0 Å². The molecule has 0 saturated heterocycles. The second-order valence-corrected chi connectivity index (χ2v) is 7.99. The Morgan fingerprint density at radius 3 is 2.58 bits per heavy atom. The number of sulfone groups is 1. The van der Waals surface area contributed by atoms with E-state index in [1.807, 2.05) is 0 Å². The molecule has 0 atom stereocenters. The van der Waals surface area contributed by atoms with Gasteiger partial charge in [-0.05, 0) is 24.6 Å². The van der Waals surface area contributed by atoms with E-state index in [-0.39, 0.29) is 29.0 Å². The third-order valence-electron chi connectivity index (χ3n) is 3.00. The molecule has 26 heavy (non-hydrogen) atoms. The van der Waals surface area contributed by atoms with Gasteiger partial charge in [-0.3, -0.25) is 0 Å². The van der Waals surface area contributed by atoms with Crippen molar-refractivity contribution in [2.75, 3.05) is 18.6 Å². The quantitative estimate of drug-likeness (QED) is 0.643. The van der Waals surface area contributed by atoms with Crippen molar-refractivity contribution in [3.8, 4) is 17.4 Å². The molecule has 1 aromatic carbocycles. The summed E-state index contributed by atoms with van der Waals surface area (Å²) in [4.78, 5) is 3.57. The van der Waals surface area contributed by atoms with Crippen LogP contribution >= 0.6 is 11.6 Å². The van der Waals surface area contributed by atoms with Crippen LogP contribution < -0.4 is 9.47 Å². The lowest BCUT2D eigenvalue weighted by Crippen LogP contribution is -2.08. The third-order valence-corrected chi connectivity index (χ3v) is 4.30. The molecule has 2 aromatic rings. The highest BCUT2D eigenvalue weighted by Gasteiger charge is 2.31. The summed E-state index contributed by atoms with van der Waals surface area (Å²) in [6, 6.07) is 8.12. The number of rotatable bonds is 7. The molecule has 0 spiro atoms. The lowest BCUT2D eigenvalue weighted by molar-refractivity contribution is -0.137. The van der Waals surface area contributed by atoms with Crippen LogP contribution in [0.25, 0.3) is 0 Å². The van der Waals surface area contributed by atoms with Gasteiger partial charge in [-0.1, -0.05) is 17.7 Å². The van der Waals surface area contributed by atoms with Gasteiger partial charge in [-0.15, -0.1) is 0 Å². The van der Waals surface area contributed by atoms with E-state index in [1.54, 1.807) is 12.1 Å². The molecule has 0 aliphatic carbocycles. The Hall–Kier alpha value is -2.00. The Bertz CT molecular complexity index is 872. The van der Waals surface area contributed by atoms with E-state index in [1.165, 1.54) is 6.07 Å². The Kier molecular flexibility index (Phi) is 6.35. The zero-order chi connectivity index (χ0) is 19.4. The molecular formula is C16H14ClF3NO4S. The minimum Gasteiger partial charge on any atom is -0.493 e. The van der Waals surface area contributed by atoms with E-state index in [0.717, 1.165) is 12.3 Å². The van der Waals surface area contributed by atoms with Crippen molar-refractivity contribution in [3.63, 3.8) is 0 Å². The average molecular weight is 409 g/mol. The fourth-order valence-corrected chi connectivity index (χ4v) is 2.68. The predicted molar refractivity (Wildman–Crippen MR) is 89.4 cm³/mol. The number of alkyl halides is 3. The lowest BCUT2D eigenvalue weighted by Gasteiger charge is -2.11. The molecule has 0 aliphatic heterocycles. The summed E-state index contributed by atoms with van der Waals surface area (Å²) in [7, 11) is -3.06. The fraction of sp³-hybridized carbons (Fsp3) is 0.312. The number of hydrogen-bond donors (Lipinski definition) is 0. The molecule has 0 N–H and O–H groups in total. The first-order chi connectivity index (χ1) is 12.0. The van der Waals surface area contributed by atoms with Gasteiger partial charge >= 0.3 is 6.18 Å². The fourth-order valence-electron chi connectivity index (χ4n) is 1.83. The minimum atomic E-state index is -4.55. The average Bonchev–Trinajstić information content (AvgIpc) is 2.52. The van der Waals surface area contributed by atoms with Crippen molar-refractivity contribution in [3.05, 3.63) is 47.1 Å². The second-order valence-electron chi connectivity index (χ2n) is 5.32. The van der Waals surface area contributed by atoms with Gasteiger partial charge in [0.1, 0.15) is 26.4 Å². The molecule has 5 nitrogen and oxygen atoms in total. The normalized spacial score (nSPS) is 12.0.